The Kier molecular flexibility index (Phi) is 3.79. The van der Waals surface area contributed by atoms with E-state index in [1.54, 1.807) is 18.3 Å². The van der Waals surface area contributed by atoms with Gasteiger partial charge in [0.25, 0.3) is 0 Å². The van der Waals surface area contributed by atoms with Gasteiger partial charge in [0, 0.05) is 35.1 Å². The van der Waals surface area contributed by atoms with E-state index in [2.05, 4.69) is 4.98 Å². The van der Waals surface area contributed by atoms with Gasteiger partial charge in [-0.2, -0.15) is 0 Å². The van der Waals surface area contributed by atoms with E-state index in [4.69, 9.17) is 17.3 Å². The highest BCUT2D eigenvalue weighted by molar-refractivity contribution is 6.31. The second kappa shape index (κ2) is 5.33. The van der Waals surface area contributed by atoms with Crippen molar-refractivity contribution in [3.8, 4) is 0 Å². The topological polar surface area (TPSA) is 59.1 Å². The average Bonchev–Trinajstić information content (AvgIpc) is 2.33. The van der Waals surface area contributed by atoms with Gasteiger partial charge in [0.2, 0.25) is 0 Å². The van der Waals surface area contributed by atoms with Crippen LogP contribution < -0.4 is 5.73 Å². The van der Waals surface area contributed by atoms with Gasteiger partial charge in [-0.15, -0.1) is 0 Å². The third kappa shape index (κ3) is 2.78. The Morgan fingerprint density at radius 3 is 2.83 bits per heavy atom. The van der Waals surface area contributed by atoms with E-state index in [-0.39, 0.29) is 11.4 Å². The molecule has 94 valence electrons. The minimum absolute atomic E-state index is 0.259. The van der Waals surface area contributed by atoms with Gasteiger partial charge in [0.1, 0.15) is 5.82 Å². The Balaban J connectivity index is 2.21. The summed E-state index contributed by atoms with van der Waals surface area (Å²) < 4.78 is 12.9. The molecule has 0 amide bonds. The number of hydrogen-bond acceptors (Lipinski definition) is 3. The molecule has 18 heavy (non-hydrogen) atoms. The molecule has 1 aromatic heterocycles. The Bertz CT molecular complexity index is 562. The zero-order chi connectivity index (χ0) is 13.1. The maximum absolute atomic E-state index is 12.9. The van der Waals surface area contributed by atoms with Gasteiger partial charge in [0.15, 0.2) is 0 Å². The van der Waals surface area contributed by atoms with Gasteiger partial charge in [-0.25, -0.2) is 4.39 Å². The molecule has 3 nitrogen and oxygen atoms in total. The molecular weight excluding hydrogens is 255 g/mol. The Labute approximate surface area is 109 Å². The van der Waals surface area contributed by atoms with Crippen LogP contribution in [0.1, 0.15) is 17.2 Å². The predicted molar refractivity (Wildman–Crippen MR) is 68.7 cm³/mol. The normalized spacial score (nSPS) is 12.4. The lowest BCUT2D eigenvalue weighted by Crippen LogP contribution is -2.06. The van der Waals surface area contributed by atoms with Crippen LogP contribution >= 0.6 is 11.6 Å². The van der Waals surface area contributed by atoms with Crippen molar-refractivity contribution >= 4 is 17.3 Å². The van der Waals surface area contributed by atoms with E-state index < -0.39 is 11.9 Å². The third-order valence-electron chi connectivity index (χ3n) is 2.67. The van der Waals surface area contributed by atoms with Crippen LogP contribution in [0.5, 0.6) is 0 Å². The molecule has 0 bridgehead atoms. The fraction of sp³-hybridized carbons (Fsp3) is 0.154. The maximum Gasteiger partial charge on any atom is 0.124 e. The molecule has 1 heterocycles. The number of aliphatic hydroxyl groups excluding tert-OH is 1. The standard InChI is InChI=1S/C13H12ClFN2O/c14-11-6-9(15)2-1-8(11)5-13(18)10-7-17-4-3-12(10)16/h1-4,6-7,13,18H,5H2,(H2,16,17). The summed E-state index contributed by atoms with van der Waals surface area (Å²) in [5.41, 5.74) is 7.41. The highest BCUT2D eigenvalue weighted by atomic mass is 35.5. The number of aliphatic hydroxyl groups is 1. The first-order valence-electron chi connectivity index (χ1n) is 5.39. The first-order valence-corrected chi connectivity index (χ1v) is 5.77. The van der Waals surface area contributed by atoms with Crippen LogP contribution in [0, 0.1) is 5.82 Å². The zero-order valence-corrected chi connectivity index (χ0v) is 10.2. The predicted octanol–water partition coefficient (Wildman–Crippen LogP) is 2.73. The summed E-state index contributed by atoms with van der Waals surface area (Å²) in [6.45, 7) is 0. The van der Waals surface area contributed by atoms with Crippen molar-refractivity contribution in [3.63, 3.8) is 0 Å². The number of nitrogens with zero attached hydrogens (tertiary/aromatic N) is 1. The highest BCUT2D eigenvalue weighted by Gasteiger charge is 2.14. The van der Waals surface area contributed by atoms with E-state index in [1.807, 2.05) is 0 Å². The van der Waals surface area contributed by atoms with Crippen LogP contribution in [-0.4, -0.2) is 10.1 Å². The molecule has 0 aliphatic rings. The van der Waals surface area contributed by atoms with E-state index in [9.17, 15) is 9.50 Å². The van der Waals surface area contributed by atoms with Crippen molar-refractivity contribution in [2.75, 3.05) is 5.73 Å². The minimum Gasteiger partial charge on any atom is -0.398 e. The molecule has 0 aliphatic carbocycles. The summed E-state index contributed by atoms with van der Waals surface area (Å²) in [7, 11) is 0. The van der Waals surface area contributed by atoms with E-state index >= 15 is 0 Å². The summed E-state index contributed by atoms with van der Waals surface area (Å²) >= 11 is 5.90. The fourth-order valence-corrected chi connectivity index (χ4v) is 1.95. The van der Waals surface area contributed by atoms with Crippen molar-refractivity contribution in [2.24, 2.45) is 0 Å². The number of pyridine rings is 1. The lowest BCUT2D eigenvalue weighted by Gasteiger charge is -2.13. The molecule has 1 aromatic carbocycles. The molecule has 0 fully saturated rings. The molecule has 0 radical (unpaired) electrons. The van der Waals surface area contributed by atoms with Gasteiger partial charge >= 0.3 is 0 Å². The van der Waals surface area contributed by atoms with E-state index in [0.717, 1.165) is 0 Å². The lowest BCUT2D eigenvalue weighted by atomic mass is 10.0. The van der Waals surface area contributed by atoms with Crippen molar-refractivity contribution < 1.29 is 9.50 Å². The Hall–Kier alpha value is -1.65. The van der Waals surface area contributed by atoms with Crippen LogP contribution in [0.3, 0.4) is 0 Å². The largest absolute Gasteiger partial charge is 0.398 e. The third-order valence-corrected chi connectivity index (χ3v) is 3.03. The van der Waals surface area contributed by atoms with Crippen LogP contribution in [0.15, 0.2) is 36.7 Å². The van der Waals surface area contributed by atoms with Gasteiger partial charge in [-0.1, -0.05) is 17.7 Å². The Morgan fingerprint density at radius 1 is 1.39 bits per heavy atom. The van der Waals surface area contributed by atoms with Crippen molar-refractivity contribution in [1.29, 1.82) is 0 Å². The minimum atomic E-state index is -0.818. The highest BCUT2D eigenvalue weighted by Crippen LogP contribution is 2.26. The molecule has 1 atom stereocenters. The number of anilines is 1. The summed E-state index contributed by atoms with van der Waals surface area (Å²) in [6, 6.07) is 5.69. The summed E-state index contributed by atoms with van der Waals surface area (Å²) in [5.74, 6) is -0.404. The maximum atomic E-state index is 12.9. The molecule has 0 aliphatic heterocycles. The summed E-state index contributed by atoms with van der Waals surface area (Å²) in [6.07, 6.45) is 2.50. The Morgan fingerprint density at radius 2 is 2.17 bits per heavy atom. The lowest BCUT2D eigenvalue weighted by molar-refractivity contribution is 0.179. The molecule has 5 heteroatoms. The number of nitrogens with two attached hydrogens (primary N) is 1. The van der Waals surface area contributed by atoms with Crippen LogP contribution in [0.4, 0.5) is 10.1 Å². The van der Waals surface area contributed by atoms with Crippen molar-refractivity contribution in [1.82, 2.24) is 4.98 Å². The van der Waals surface area contributed by atoms with Crippen LogP contribution in [0.2, 0.25) is 5.02 Å². The molecule has 0 saturated carbocycles. The monoisotopic (exact) mass is 266 g/mol. The van der Waals surface area contributed by atoms with Crippen molar-refractivity contribution in [2.45, 2.75) is 12.5 Å². The van der Waals surface area contributed by atoms with E-state index in [0.29, 0.717) is 16.8 Å². The van der Waals surface area contributed by atoms with Crippen molar-refractivity contribution in [3.05, 3.63) is 58.6 Å². The summed E-state index contributed by atoms with van der Waals surface area (Å²) in [4.78, 5) is 3.91. The van der Waals surface area contributed by atoms with E-state index in [1.165, 1.54) is 18.3 Å². The summed E-state index contributed by atoms with van der Waals surface area (Å²) in [5, 5.41) is 10.4. The molecular formula is C13H12ClFN2O. The molecule has 0 spiro atoms. The van der Waals surface area contributed by atoms with Gasteiger partial charge in [-0.3, -0.25) is 4.98 Å². The molecule has 1 unspecified atom stereocenters. The number of halogens is 2. The molecule has 2 rings (SSSR count). The van der Waals surface area contributed by atoms with Gasteiger partial charge < -0.3 is 10.8 Å². The fourth-order valence-electron chi connectivity index (χ4n) is 1.70. The average molecular weight is 267 g/mol. The number of hydrogen-bond donors (Lipinski definition) is 2. The van der Waals surface area contributed by atoms with Gasteiger partial charge in [0.05, 0.1) is 6.10 Å². The van der Waals surface area contributed by atoms with Crippen LogP contribution in [-0.2, 0) is 6.42 Å². The number of aromatic nitrogens is 1. The number of nitrogen functional groups attached to an aromatic ring is 1. The second-order valence-corrected chi connectivity index (χ2v) is 4.37. The number of rotatable bonds is 3. The zero-order valence-electron chi connectivity index (χ0n) is 9.48. The quantitative estimate of drug-likeness (QED) is 0.898. The SMILES string of the molecule is Nc1ccncc1C(O)Cc1ccc(F)cc1Cl. The molecule has 2 aromatic rings. The number of benzene rings is 1. The molecule has 3 N–H and O–H groups in total. The first kappa shape index (κ1) is 12.8. The van der Waals surface area contributed by atoms with Crippen LogP contribution in [0.25, 0.3) is 0 Å². The second-order valence-electron chi connectivity index (χ2n) is 3.96. The first-order chi connectivity index (χ1) is 8.58. The molecule has 0 saturated heterocycles. The smallest absolute Gasteiger partial charge is 0.124 e. The van der Waals surface area contributed by atoms with Gasteiger partial charge in [-0.05, 0) is 23.8 Å².